The molecule has 0 aliphatic rings. The molecule has 0 amide bonds. The summed E-state index contributed by atoms with van der Waals surface area (Å²) in [5.41, 5.74) is 6.21. The molecule has 0 aliphatic heterocycles. The number of aromatic nitrogens is 1. The van der Waals surface area contributed by atoms with E-state index >= 15 is 0 Å². The first-order valence-electron chi connectivity index (χ1n) is 7.25. The summed E-state index contributed by atoms with van der Waals surface area (Å²) in [7, 11) is 0. The highest BCUT2D eigenvalue weighted by Gasteiger charge is 2.20. The lowest BCUT2D eigenvalue weighted by Crippen LogP contribution is -2.17. The van der Waals surface area contributed by atoms with Crippen LogP contribution >= 0.6 is 0 Å². The summed E-state index contributed by atoms with van der Waals surface area (Å²) in [5, 5.41) is 0. The zero-order valence-electron chi connectivity index (χ0n) is 13.7. The summed E-state index contributed by atoms with van der Waals surface area (Å²) in [6.45, 7) is 9.62. The minimum absolute atomic E-state index is 0.241. The number of hydrogen-bond donors (Lipinski definition) is 1. The van der Waals surface area contributed by atoms with Crippen molar-refractivity contribution < 1.29 is 14.3 Å². The van der Waals surface area contributed by atoms with Gasteiger partial charge in [0.25, 0.3) is 0 Å². The third-order valence-corrected chi connectivity index (χ3v) is 4.44. The Kier molecular flexibility index (Phi) is 4.50. The Morgan fingerprint density at radius 3 is 2.00 bits per heavy atom. The normalized spacial score (nSPS) is 10.6. The Bertz CT molecular complexity index is 698. The SMILES string of the molecule is Cc1c(C)c(C)c(C(=O)OCC(=O)c2ccc[nH]2)c(C)c1C. The van der Waals surface area contributed by atoms with Crippen LogP contribution < -0.4 is 0 Å². The second-order valence-electron chi connectivity index (χ2n) is 5.58. The summed E-state index contributed by atoms with van der Waals surface area (Å²) < 4.78 is 5.22. The molecule has 1 heterocycles. The number of rotatable bonds is 4. The minimum Gasteiger partial charge on any atom is -0.454 e. The maximum absolute atomic E-state index is 12.4. The number of H-pyrrole nitrogens is 1. The highest BCUT2D eigenvalue weighted by atomic mass is 16.5. The third-order valence-electron chi connectivity index (χ3n) is 4.44. The van der Waals surface area contributed by atoms with Gasteiger partial charge in [0.15, 0.2) is 6.61 Å². The van der Waals surface area contributed by atoms with Gasteiger partial charge in [0, 0.05) is 6.20 Å². The molecule has 1 N–H and O–H groups in total. The second kappa shape index (κ2) is 6.18. The molecule has 0 atom stereocenters. The van der Waals surface area contributed by atoms with Gasteiger partial charge in [-0.25, -0.2) is 4.79 Å². The molecular formula is C18H21NO3. The first-order valence-corrected chi connectivity index (χ1v) is 7.25. The molecule has 0 saturated carbocycles. The largest absolute Gasteiger partial charge is 0.454 e. The fraction of sp³-hybridized carbons (Fsp3) is 0.333. The first-order chi connectivity index (χ1) is 10.3. The fourth-order valence-electron chi connectivity index (χ4n) is 2.59. The molecule has 22 heavy (non-hydrogen) atoms. The predicted molar refractivity (Wildman–Crippen MR) is 85.5 cm³/mol. The summed E-state index contributed by atoms with van der Waals surface area (Å²) in [6.07, 6.45) is 1.66. The van der Waals surface area contributed by atoms with Crippen LogP contribution in [-0.2, 0) is 4.74 Å². The van der Waals surface area contributed by atoms with E-state index in [-0.39, 0.29) is 12.4 Å². The van der Waals surface area contributed by atoms with Gasteiger partial charge in [-0.1, -0.05) is 0 Å². The van der Waals surface area contributed by atoms with Crippen molar-refractivity contribution >= 4 is 11.8 Å². The molecule has 116 valence electrons. The van der Waals surface area contributed by atoms with Gasteiger partial charge < -0.3 is 9.72 Å². The van der Waals surface area contributed by atoms with Crippen molar-refractivity contribution in [1.82, 2.24) is 4.98 Å². The number of hydrogen-bond acceptors (Lipinski definition) is 3. The molecule has 0 radical (unpaired) electrons. The summed E-state index contributed by atoms with van der Waals surface area (Å²) in [4.78, 5) is 27.1. The lowest BCUT2D eigenvalue weighted by molar-refractivity contribution is 0.0472. The molecule has 0 saturated heterocycles. The van der Waals surface area contributed by atoms with Crippen LogP contribution in [0.2, 0.25) is 0 Å². The van der Waals surface area contributed by atoms with E-state index in [1.54, 1.807) is 18.3 Å². The average Bonchev–Trinajstić information content (AvgIpc) is 3.03. The van der Waals surface area contributed by atoms with Crippen molar-refractivity contribution in [3.05, 3.63) is 57.4 Å². The number of ether oxygens (including phenoxy) is 1. The van der Waals surface area contributed by atoms with Crippen molar-refractivity contribution in [2.45, 2.75) is 34.6 Å². The van der Waals surface area contributed by atoms with E-state index in [0.29, 0.717) is 11.3 Å². The van der Waals surface area contributed by atoms with E-state index in [1.807, 2.05) is 27.7 Å². The summed E-state index contributed by atoms with van der Waals surface area (Å²) in [6, 6.07) is 3.39. The summed E-state index contributed by atoms with van der Waals surface area (Å²) in [5.74, 6) is -0.685. The fourth-order valence-corrected chi connectivity index (χ4v) is 2.59. The zero-order chi connectivity index (χ0) is 16.4. The van der Waals surface area contributed by atoms with Gasteiger partial charge in [-0.3, -0.25) is 4.79 Å². The summed E-state index contributed by atoms with van der Waals surface area (Å²) >= 11 is 0. The lowest BCUT2D eigenvalue weighted by atomic mass is 9.90. The number of carbonyl (C=O) groups excluding carboxylic acids is 2. The molecule has 0 fully saturated rings. The van der Waals surface area contributed by atoms with E-state index in [9.17, 15) is 9.59 Å². The Morgan fingerprint density at radius 1 is 0.955 bits per heavy atom. The van der Waals surface area contributed by atoms with Gasteiger partial charge in [0.05, 0.1) is 11.3 Å². The van der Waals surface area contributed by atoms with Crippen LogP contribution in [-0.4, -0.2) is 23.3 Å². The van der Waals surface area contributed by atoms with Crippen LogP contribution in [0.25, 0.3) is 0 Å². The third kappa shape index (κ3) is 2.82. The first kappa shape index (κ1) is 16.0. The molecule has 1 aromatic heterocycles. The van der Waals surface area contributed by atoms with Crippen molar-refractivity contribution in [3.63, 3.8) is 0 Å². The number of ketones is 1. The van der Waals surface area contributed by atoms with Crippen LogP contribution in [0.5, 0.6) is 0 Å². The molecule has 2 rings (SSSR count). The van der Waals surface area contributed by atoms with E-state index in [0.717, 1.165) is 22.3 Å². The molecule has 0 bridgehead atoms. The van der Waals surface area contributed by atoms with E-state index in [4.69, 9.17) is 4.74 Å². The zero-order valence-corrected chi connectivity index (χ0v) is 13.7. The average molecular weight is 299 g/mol. The lowest BCUT2D eigenvalue weighted by Gasteiger charge is -2.17. The van der Waals surface area contributed by atoms with Gasteiger partial charge in [-0.05, 0) is 74.6 Å². The molecular weight excluding hydrogens is 278 g/mol. The monoisotopic (exact) mass is 299 g/mol. The predicted octanol–water partition coefficient (Wildman–Crippen LogP) is 3.60. The Hall–Kier alpha value is -2.36. The molecule has 0 spiro atoms. The van der Waals surface area contributed by atoms with Gasteiger partial charge in [-0.2, -0.15) is 0 Å². The standard InChI is InChI=1S/C18H21NO3/c1-10-11(2)13(4)17(14(5)12(10)3)18(21)22-9-16(20)15-7-6-8-19-15/h6-8,19H,9H2,1-5H3. The van der Waals surface area contributed by atoms with Crippen molar-refractivity contribution in [1.29, 1.82) is 0 Å². The molecule has 4 nitrogen and oxygen atoms in total. The van der Waals surface area contributed by atoms with Crippen LogP contribution in [0.15, 0.2) is 18.3 Å². The highest BCUT2D eigenvalue weighted by Crippen LogP contribution is 2.26. The van der Waals surface area contributed by atoms with Crippen LogP contribution in [0, 0.1) is 34.6 Å². The number of carbonyl (C=O) groups is 2. The number of benzene rings is 1. The van der Waals surface area contributed by atoms with Gasteiger partial charge in [0.2, 0.25) is 5.78 Å². The van der Waals surface area contributed by atoms with E-state index < -0.39 is 5.97 Å². The minimum atomic E-state index is -0.443. The molecule has 1 aromatic carbocycles. The molecule has 4 heteroatoms. The topological polar surface area (TPSA) is 59.2 Å². The van der Waals surface area contributed by atoms with Crippen LogP contribution in [0.1, 0.15) is 48.7 Å². The van der Waals surface area contributed by atoms with Crippen LogP contribution in [0.3, 0.4) is 0 Å². The molecule has 2 aromatic rings. The Labute approximate surface area is 130 Å². The van der Waals surface area contributed by atoms with Crippen molar-refractivity contribution in [3.8, 4) is 0 Å². The van der Waals surface area contributed by atoms with Gasteiger partial charge in [0.1, 0.15) is 0 Å². The molecule has 0 unspecified atom stereocenters. The number of Topliss-reactive ketones (excluding diaryl/α,β-unsaturated/α-hetero) is 1. The van der Waals surface area contributed by atoms with E-state index in [1.165, 1.54) is 5.56 Å². The Morgan fingerprint density at radius 2 is 1.50 bits per heavy atom. The highest BCUT2D eigenvalue weighted by molar-refractivity contribution is 5.99. The van der Waals surface area contributed by atoms with Crippen LogP contribution in [0.4, 0.5) is 0 Å². The smallest absolute Gasteiger partial charge is 0.339 e. The number of aromatic amines is 1. The van der Waals surface area contributed by atoms with Gasteiger partial charge >= 0.3 is 5.97 Å². The second-order valence-corrected chi connectivity index (χ2v) is 5.58. The number of esters is 1. The molecule has 0 aliphatic carbocycles. The van der Waals surface area contributed by atoms with Crippen molar-refractivity contribution in [2.75, 3.05) is 6.61 Å². The maximum atomic E-state index is 12.4. The number of nitrogens with one attached hydrogen (secondary N) is 1. The maximum Gasteiger partial charge on any atom is 0.339 e. The van der Waals surface area contributed by atoms with Gasteiger partial charge in [-0.15, -0.1) is 0 Å². The Balaban J connectivity index is 2.22. The van der Waals surface area contributed by atoms with Crippen molar-refractivity contribution in [2.24, 2.45) is 0 Å². The van der Waals surface area contributed by atoms with E-state index in [2.05, 4.69) is 11.9 Å². The quantitative estimate of drug-likeness (QED) is 0.693.